The zero-order valence-corrected chi connectivity index (χ0v) is 10.6. The Morgan fingerprint density at radius 2 is 1.65 bits per heavy atom. The molecule has 0 unspecified atom stereocenters. The van der Waals surface area contributed by atoms with E-state index in [2.05, 4.69) is 10.3 Å². The monoisotopic (exact) mass is 270 g/mol. The van der Waals surface area contributed by atoms with E-state index >= 15 is 0 Å². The first kappa shape index (κ1) is 13.7. The van der Waals surface area contributed by atoms with Crippen LogP contribution in [0.4, 0.5) is 5.69 Å². The van der Waals surface area contributed by atoms with Crippen LogP contribution in [0.1, 0.15) is 22.0 Å². The molecule has 1 atom stereocenters. The van der Waals surface area contributed by atoms with Gasteiger partial charge in [-0.15, -0.1) is 0 Å². The molecular weight excluding hydrogens is 256 g/mol. The summed E-state index contributed by atoms with van der Waals surface area (Å²) < 4.78 is 0. The van der Waals surface area contributed by atoms with Gasteiger partial charge in [0, 0.05) is 23.6 Å². The van der Waals surface area contributed by atoms with Gasteiger partial charge in [-0.3, -0.25) is 14.6 Å². The number of hydrogen-bond donors (Lipinski definition) is 3. The normalized spacial score (nSPS) is 11.7. The lowest BCUT2D eigenvalue weighted by Gasteiger charge is -2.09. The van der Waals surface area contributed by atoms with E-state index in [1.807, 2.05) is 0 Å². The molecule has 0 saturated carbocycles. The van der Waals surface area contributed by atoms with E-state index in [4.69, 9.17) is 11.5 Å². The van der Waals surface area contributed by atoms with Gasteiger partial charge in [-0.1, -0.05) is 12.1 Å². The number of nitrogens with zero attached hydrogens (tertiary/aromatic N) is 1. The fourth-order valence-electron chi connectivity index (χ4n) is 1.64. The first-order valence-electron chi connectivity index (χ1n) is 5.94. The molecule has 0 saturated heterocycles. The van der Waals surface area contributed by atoms with Crippen molar-refractivity contribution in [3.63, 3.8) is 0 Å². The van der Waals surface area contributed by atoms with Gasteiger partial charge in [-0.05, 0) is 29.8 Å². The summed E-state index contributed by atoms with van der Waals surface area (Å²) in [6, 6.07) is 8.91. The summed E-state index contributed by atoms with van der Waals surface area (Å²) in [4.78, 5) is 26.8. The smallest absolute Gasteiger partial charge is 0.255 e. The van der Waals surface area contributed by atoms with Gasteiger partial charge in [0.1, 0.15) is 6.04 Å². The van der Waals surface area contributed by atoms with Crippen LogP contribution in [0.3, 0.4) is 0 Å². The second kappa shape index (κ2) is 5.94. The number of aromatic nitrogens is 1. The van der Waals surface area contributed by atoms with Gasteiger partial charge < -0.3 is 16.8 Å². The molecule has 2 amide bonds. The number of anilines is 1. The summed E-state index contributed by atoms with van der Waals surface area (Å²) in [6.07, 6.45) is 3.18. The summed E-state index contributed by atoms with van der Waals surface area (Å²) in [5.41, 5.74) is 12.4. The minimum Gasteiger partial charge on any atom is -0.368 e. The highest BCUT2D eigenvalue weighted by Gasteiger charge is 2.13. The van der Waals surface area contributed by atoms with Crippen molar-refractivity contribution in [2.24, 2.45) is 11.5 Å². The maximum Gasteiger partial charge on any atom is 0.255 e. The Bertz CT molecular complexity index is 611. The summed E-state index contributed by atoms with van der Waals surface area (Å²) in [7, 11) is 0. The van der Waals surface area contributed by atoms with Gasteiger partial charge in [0.25, 0.3) is 5.91 Å². The number of rotatable bonds is 4. The van der Waals surface area contributed by atoms with Crippen molar-refractivity contribution in [1.82, 2.24) is 4.98 Å². The molecule has 1 heterocycles. The Morgan fingerprint density at radius 3 is 2.20 bits per heavy atom. The van der Waals surface area contributed by atoms with Crippen molar-refractivity contribution in [3.05, 3.63) is 59.9 Å². The van der Waals surface area contributed by atoms with E-state index in [9.17, 15) is 9.59 Å². The van der Waals surface area contributed by atoms with Crippen LogP contribution in [-0.4, -0.2) is 16.8 Å². The molecule has 20 heavy (non-hydrogen) atoms. The largest absolute Gasteiger partial charge is 0.368 e. The molecule has 1 aromatic carbocycles. The van der Waals surface area contributed by atoms with Gasteiger partial charge in [-0.25, -0.2) is 0 Å². The lowest BCUT2D eigenvalue weighted by molar-refractivity contribution is -0.119. The van der Waals surface area contributed by atoms with Crippen LogP contribution in [0.2, 0.25) is 0 Å². The topological polar surface area (TPSA) is 111 Å². The van der Waals surface area contributed by atoms with E-state index < -0.39 is 11.9 Å². The number of primary amides is 1. The van der Waals surface area contributed by atoms with Crippen LogP contribution in [0.5, 0.6) is 0 Å². The number of nitrogens with one attached hydrogen (secondary N) is 1. The standard InChI is InChI=1S/C14H14N4O2/c15-12(13(16)19)9-1-3-10(4-2-9)14(20)18-11-5-7-17-8-6-11/h1-8,12H,15H2,(H2,16,19)(H,17,18,20)/t12-/m1/s1. The number of carbonyl (C=O) groups excluding carboxylic acids is 2. The number of pyridine rings is 1. The van der Waals surface area contributed by atoms with Crippen molar-refractivity contribution in [3.8, 4) is 0 Å². The predicted octanol–water partition coefficient (Wildman–Crippen LogP) is 0.819. The molecule has 0 radical (unpaired) electrons. The maximum absolute atomic E-state index is 12.0. The zero-order valence-electron chi connectivity index (χ0n) is 10.6. The second-order valence-electron chi connectivity index (χ2n) is 4.19. The SMILES string of the molecule is NC(=O)[C@H](N)c1ccc(C(=O)Nc2ccncc2)cc1. The molecule has 0 aliphatic carbocycles. The lowest BCUT2D eigenvalue weighted by atomic mass is 10.0. The van der Waals surface area contributed by atoms with Crippen LogP contribution in [-0.2, 0) is 4.79 Å². The summed E-state index contributed by atoms with van der Waals surface area (Å²) in [5, 5.41) is 2.73. The molecule has 2 aromatic rings. The van der Waals surface area contributed by atoms with Gasteiger partial charge in [0.05, 0.1) is 0 Å². The van der Waals surface area contributed by atoms with Crippen LogP contribution in [0, 0.1) is 0 Å². The molecule has 0 fully saturated rings. The third kappa shape index (κ3) is 3.18. The molecule has 102 valence electrons. The summed E-state index contributed by atoms with van der Waals surface area (Å²) >= 11 is 0. The first-order chi connectivity index (χ1) is 9.58. The highest BCUT2D eigenvalue weighted by molar-refractivity contribution is 6.04. The van der Waals surface area contributed by atoms with Crippen LogP contribution in [0.25, 0.3) is 0 Å². The van der Waals surface area contributed by atoms with Gasteiger partial charge in [0.15, 0.2) is 0 Å². The average molecular weight is 270 g/mol. The minimum atomic E-state index is -0.868. The molecule has 0 aliphatic rings. The Balaban J connectivity index is 2.10. The molecule has 0 bridgehead atoms. The molecular formula is C14H14N4O2. The van der Waals surface area contributed by atoms with E-state index in [1.54, 1.807) is 48.8 Å². The van der Waals surface area contributed by atoms with Crippen molar-refractivity contribution in [2.75, 3.05) is 5.32 Å². The van der Waals surface area contributed by atoms with Crippen LogP contribution in [0.15, 0.2) is 48.8 Å². The van der Waals surface area contributed by atoms with E-state index in [1.165, 1.54) is 0 Å². The maximum atomic E-state index is 12.0. The zero-order chi connectivity index (χ0) is 14.5. The van der Waals surface area contributed by atoms with Crippen LogP contribution >= 0.6 is 0 Å². The molecule has 6 nitrogen and oxygen atoms in total. The Morgan fingerprint density at radius 1 is 1.05 bits per heavy atom. The molecule has 5 N–H and O–H groups in total. The van der Waals surface area contributed by atoms with Gasteiger partial charge in [-0.2, -0.15) is 0 Å². The third-order valence-electron chi connectivity index (χ3n) is 2.78. The van der Waals surface area contributed by atoms with Crippen molar-refractivity contribution < 1.29 is 9.59 Å². The average Bonchev–Trinajstić information content (AvgIpc) is 2.47. The highest BCUT2D eigenvalue weighted by atomic mass is 16.2. The first-order valence-corrected chi connectivity index (χ1v) is 5.94. The predicted molar refractivity (Wildman–Crippen MR) is 74.8 cm³/mol. The van der Waals surface area contributed by atoms with Gasteiger partial charge in [0.2, 0.25) is 5.91 Å². The van der Waals surface area contributed by atoms with Crippen molar-refractivity contribution >= 4 is 17.5 Å². The quantitative estimate of drug-likeness (QED) is 0.763. The molecule has 0 aliphatic heterocycles. The van der Waals surface area contributed by atoms with Crippen molar-refractivity contribution in [1.29, 1.82) is 0 Å². The van der Waals surface area contributed by atoms with Gasteiger partial charge >= 0.3 is 0 Å². The molecule has 0 spiro atoms. The van der Waals surface area contributed by atoms with E-state index in [0.717, 1.165) is 0 Å². The number of amides is 2. The Labute approximate surface area is 115 Å². The van der Waals surface area contributed by atoms with Crippen molar-refractivity contribution in [2.45, 2.75) is 6.04 Å². The Kier molecular flexibility index (Phi) is 4.07. The molecule has 6 heteroatoms. The third-order valence-corrected chi connectivity index (χ3v) is 2.78. The fraction of sp³-hybridized carbons (Fsp3) is 0.0714. The number of hydrogen-bond acceptors (Lipinski definition) is 4. The number of benzene rings is 1. The number of carbonyl (C=O) groups is 2. The van der Waals surface area contributed by atoms with E-state index in [-0.39, 0.29) is 5.91 Å². The van der Waals surface area contributed by atoms with E-state index in [0.29, 0.717) is 16.8 Å². The highest BCUT2D eigenvalue weighted by Crippen LogP contribution is 2.13. The second-order valence-corrected chi connectivity index (χ2v) is 4.19. The minimum absolute atomic E-state index is 0.254. The molecule has 1 aromatic heterocycles. The summed E-state index contributed by atoms with van der Waals surface area (Å²) in [5.74, 6) is -0.866. The molecule has 2 rings (SSSR count). The summed E-state index contributed by atoms with van der Waals surface area (Å²) in [6.45, 7) is 0. The van der Waals surface area contributed by atoms with Crippen LogP contribution < -0.4 is 16.8 Å². The Hall–Kier alpha value is -2.73. The fourth-order valence-corrected chi connectivity index (χ4v) is 1.64. The number of nitrogens with two attached hydrogens (primary N) is 2. The lowest BCUT2D eigenvalue weighted by Crippen LogP contribution is -2.28.